The molecule has 1 aliphatic heterocycles. The maximum absolute atomic E-state index is 14.9. The molecule has 1 saturated heterocycles. The normalized spacial score (nSPS) is 14.9. The molecule has 0 atom stereocenters. The number of piperidine rings is 1. The number of para-hydroxylation sites is 1. The van der Waals surface area contributed by atoms with Crippen molar-refractivity contribution in [1.29, 1.82) is 0 Å². The van der Waals surface area contributed by atoms with E-state index in [2.05, 4.69) is 5.16 Å². The summed E-state index contributed by atoms with van der Waals surface area (Å²) >= 11 is 12.6. The first kappa shape index (κ1) is 27.8. The third-order valence-corrected chi connectivity index (χ3v) is 6.84. The molecule has 1 fully saturated rings. The van der Waals surface area contributed by atoms with Crippen LogP contribution in [-0.4, -0.2) is 65.8 Å². The van der Waals surface area contributed by atoms with Gasteiger partial charge in [-0.3, -0.25) is 19.1 Å². The van der Waals surface area contributed by atoms with E-state index in [0.717, 1.165) is 12.1 Å². The van der Waals surface area contributed by atoms with Gasteiger partial charge in [0.25, 0.3) is 5.56 Å². The van der Waals surface area contributed by atoms with Crippen LogP contribution in [0.4, 0.5) is 8.78 Å². The van der Waals surface area contributed by atoms with Gasteiger partial charge in [0.05, 0.1) is 22.3 Å². The Morgan fingerprint density at radius 3 is 2.39 bits per heavy atom. The van der Waals surface area contributed by atoms with Gasteiger partial charge < -0.3 is 9.74 Å². The van der Waals surface area contributed by atoms with Crippen molar-refractivity contribution in [2.75, 3.05) is 33.7 Å². The van der Waals surface area contributed by atoms with E-state index in [9.17, 15) is 18.4 Å². The molecule has 4 rings (SSSR count). The molecule has 1 aromatic heterocycles. The lowest BCUT2D eigenvalue weighted by Gasteiger charge is -2.30. The number of amides is 1. The van der Waals surface area contributed by atoms with Crippen LogP contribution in [0, 0.1) is 11.6 Å². The zero-order valence-electron chi connectivity index (χ0n) is 20.8. The number of hydrogen-bond acceptors (Lipinski definition) is 5. The van der Waals surface area contributed by atoms with Gasteiger partial charge in [0.1, 0.15) is 23.5 Å². The van der Waals surface area contributed by atoms with E-state index in [1.165, 1.54) is 29.0 Å². The second-order valence-electron chi connectivity index (χ2n) is 9.13. The Labute approximate surface area is 228 Å². The summed E-state index contributed by atoms with van der Waals surface area (Å²) in [6, 6.07) is 10.7. The lowest BCUT2D eigenvalue weighted by Crippen LogP contribution is -2.42. The number of halogens is 4. The van der Waals surface area contributed by atoms with E-state index < -0.39 is 17.2 Å². The predicted octanol–water partition coefficient (Wildman–Crippen LogP) is 4.74. The van der Waals surface area contributed by atoms with E-state index >= 15 is 0 Å². The number of carbonyl (C=O) groups excluding carboxylic acids is 1. The Morgan fingerprint density at radius 1 is 1.08 bits per heavy atom. The topological polar surface area (TPSA) is 67.1 Å². The van der Waals surface area contributed by atoms with E-state index in [-0.39, 0.29) is 39.0 Å². The summed E-state index contributed by atoms with van der Waals surface area (Å²) in [6.45, 7) is 1.59. The van der Waals surface area contributed by atoms with Gasteiger partial charge >= 0.3 is 0 Å². The smallest absolute Gasteiger partial charge is 0.255 e. The van der Waals surface area contributed by atoms with Crippen LogP contribution in [0.25, 0.3) is 5.69 Å². The summed E-state index contributed by atoms with van der Waals surface area (Å²) in [4.78, 5) is 34.1. The number of likely N-dealkylation sites (tertiary alicyclic amines) is 1. The van der Waals surface area contributed by atoms with Gasteiger partial charge in [0.15, 0.2) is 0 Å². The molecule has 0 saturated carbocycles. The fourth-order valence-corrected chi connectivity index (χ4v) is 4.67. The first-order chi connectivity index (χ1) is 18.1. The summed E-state index contributed by atoms with van der Waals surface area (Å²) in [5.74, 6) is -1.55. The standard InChI is InChI=1S/C27H26Cl2F2N4O3/c1-33(2)25(37)16-34-12-10-19(11-13-34)38-32-26(20-8-7-18(30)14-23(20)31)17-6-9-24(36)35(15-17)27-21(28)4-3-5-22(27)29/h3-9,14-15,19H,10-13,16H2,1-2H3. The van der Waals surface area contributed by atoms with Crippen molar-refractivity contribution in [3.63, 3.8) is 0 Å². The number of carbonyl (C=O) groups is 1. The van der Waals surface area contributed by atoms with Crippen molar-refractivity contribution in [1.82, 2.24) is 14.4 Å². The van der Waals surface area contributed by atoms with Gasteiger partial charge in [-0.2, -0.15) is 0 Å². The van der Waals surface area contributed by atoms with Crippen molar-refractivity contribution in [3.8, 4) is 5.69 Å². The lowest BCUT2D eigenvalue weighted by molar-refractivity contribution is -0.130. The number of pyridine rings is 1. The summed E-state index contributed by atoms with van der Waals surface area (Å²) in [7, 11) is 3.43. The maximum atomic E-state index is 14.9. The first-order valence-corrected chi connectivity index (χ1v) is 12.7. The van der Waals surface area contributed by atoms with Crippen molar-refractivity contribution in [2.45, 2.75) is 18.9 Å². The molecule has 0 spiro atoms. The molecule has 0 aliphatic carbocycles. The number of rotatable bonds is 7. The SMILES string of the molecule is CN(C)C(=O)CN1CCC(ON=C(c2ccc(=O)n(-c3c(Cl)cccc3Cl)c2)c2ccc(F)cc2F)CC1. The van der Waals surface area contributed by atoms with Gasteiger partial charge in [0.2, 0.25) is 5.91 Å². The van der Waals surface area contributed by atoms with Gasteiger partial charge in [-0.1, -0.05) is 34.4 Å². The Morgan fingerprint density at radius 2 is 1.76 bits per heavy atom. The largest absolute Gasteiger partial charge is 0.392 e. The monoisotopic (exact) mass is 562 g/mol. The van der Waals surface area contributed by atoms with Crippen molar-refractivity contribution in [2.24, 2.45) is 5.16 Å². The van der Waals surface area contributed by atoms with Gasteiger partial charge in [0, 0.05) is 56.6 Å². The fourth-order valence-electron chi connectivity index (χ4n) is 4.09. The number of nitrogens with zero attached hydrogens (tertiary/aromatic N) is 4. The minimum atomic E-state index is -0.835. The molecule has 38 heavy (non-hydrogen) atoms. The second-order valence-corrected chi connectivity index (χ2v) is 9.94. The van der Waals surface area contributed by atoms with Crippen LogP contribution in [0.15, 0.2) is 64.7 Å². The Kier molecular flexibility index (Phi) is 8.81. The molecule has 0 N–H and O–H groups in total. The molecule has 1 amide bonds. The fraction of sp³-hybridized carbons (Fsp3) is 0.296. The molecule has 0 radical (unpaired) electrons. The highest BCUT2D eigenvalue weighted by Crippen LogP contribution is 2.28. The minimum absolute atomic E-state index is 0.00382. The third-order valence-electron chi connectivity index (χ3n) is 6.23. The number of likely N-dealkylation sites (N-methyl/N-ethyl adjacent to an activating group) is 1. The average Bonchev–Trinajstić information content (AvgIpc) is 2.87. The maximum Gasteiger partial charge on any atom is 0.255 e. The summed E-state index contributed by atoms with van der Waals surface area (Å²) < 4.78 is 29.8. The molecule has 2 aromatic carbocycles. The van der Waals surface area contributed by atoms with Crippen LogP contribution in [0.3, 0.4) is 0 Å². The zero-order valence-corrected chi connectivity index (χ0v) is 22.3. The average molecular weight is 563 g/mol. The van der Waals surface area contributed by atoms with E-state index in [4.69, 9.17) is 28.0 Å². The molecule has 1 aliphatic rings. The summed E-state index contributed by atoms with van der Waals surface area (Å²) in [6.07, 6.45) is 2.38. The molecule has 2 heterocycles. The highest BCUT2D eigenvalue weighted by molar-refractivity contribution is 6.37. The van der Waals surface area contributed by atoms with Crippen molar-refractivity contribution < 1.29 is 18.4 Å². The molecule has 7 nitrogen and oxygen atoms in total. The molecular weight excluding hydrogens is 537 g/mol. The molecule has 200 valence electrons. The minimum Gasteiger partial charge on any atom is -0.392 e. The molecule has 0 bridgehead atoms. The van der Waals surface area contributed by atoms with E-state index in [0.29, 0.717) is 38.0 Å². The number of benzene rings is 2. The highest BCUT2D eigenvalue weighted by Gasteiger charge is 2.24. The van der Waals surface area contributed by atoms with Crippen molar-refractivity contribution in [3.05, 3.63) is 97.9 Å². The van der Waals surface area contributed by atoms with Crippen molar-refractivity contribution >= 4 is 34.8 Å². The third kappa shape index (κ3) is 6.40. The molecular formula is C27H26Cl2F2N4O3. The van der Waals surface area contributed by atoms with Crippen LogP contribution in [0.1, 0.15) is 24.0 Å². The van der Waals surface area contributed by atoms with Gasteiger partial charge in [-0.05, 0) is 43.2 Å². The summed E-state index contributed by atoms with van der Waals surface area (Å²) in [5.41, 5.74) is 0.256. The van der Waals surface area contributed by atoms with Crippen LogP contribution in [-0.2, 0) is 9.63 Å². The molecule has 11 heteroatoms. The summed E-state index contributed by atoms with van der Waals surface area (Å²) in [5, 5.41) is 4.78. The Balaban J connectivity index is 1.66. The van der Waals surface area contributed by atoms with E-state index in [1.54, 1.807) is 37.2 Å². The lowest BCUT2D eigenvalue weighted by atomic mass is 10.0. The second kappa shape index (κ2) is 12.1. The van der Waals surface area contributed by atoms with Crippen LogP contribution in [0.2, 0.25) is 10.0 Å². The van der Waals surface area contributed by atoms with Gasteiger partial charge in [-0.15, -0.1) is 0 Å². The predicted molar refractivity (Wildman–Crippen MR) is 143 cm³/mol. The highest BCUT2D eigenvalue weighted by atomic mass is 35.5. The molecule has 0 unspecified atom stereocenters. The van der Waals surface area contributed by atoms with Gasteiger partial charge in [-0.25, -0.2) is 8.78 Å². The van der Waals surface area contributed by atoms with Crippen LogP contribution < -0.4 is 5.56 Å². The van der Waals surface area contributed by atoms with Crippen LogP contribution >= 0.6 is 23.2 Å². The molecule has 3 aromatic rings. The van der Waals surface area contributed by atoms with E-state index in [1.807, 2.05) is 4.90 Å². The number of aromatic nitrogens is 1. The first-order valence-electron chi connectivity index (χ1n) is 11.9. The Hall–Kier alpha value is -3.27. The quantitative estimate of drug-likeness (QED) is 0.308. The Bertz CT molecular complexity index is 1400. The van der Waals surface area contributed by atoms with Crippen LogP contribution in [0.5, 0.6) is 0 Å². The number of oxime groups is 1. The zero-order chi connectivity index (χ0) is 27.4. The number of hydrogen-bond donors (Lipinski definition) is 0.